The van der Waals surface area contributed by atoms with Gasteiger partial charge in [0.2, 0.25) is 17.3 Å². The van der Waals surface area contributed by atoms with Crippen LogP contribution in [-0.2, 0) is 35.6 Å². The lowest BCUT2D eigenvalue weighted by Crippen LogP contribution is -2.72. The van der Waals surface area contributed by atoms with Crippen LogP contribution in [0, 0.1) is 0 Å². The number of hydrogen-bond donors (Lipinski definition) is 0. The van der Waals surface area contributed by atoms with E-state index in [0.29, 0.717) is 17.7 Å². The summed E-state index contributed by atoms with van der Waals surface area (Å²) in [7, 11) is -0.665. The Morgan fingerprint density at radius 1 is 1.10 bits per heavy atom. The third-order valence-electron chi connectivity index (χ3n) is 7.97. The first kappa shape index (κ1) is 27.1. The van der Waals surface area contributed by atoms with Crippen molar-refractivity contribution in [1.29, 1.82) is 0 Å². The molecule has 5 rings (SSSR count). The van der Waals surface area contributed by atoms with Gasteiger partial charge >= 0.3 is 5.97 Å². The molecule has 7 nitrogen and oxygen atoms in total. The second-order valence-corrected chi connectivity index (χ2v) is 15.9. The van der Waals surface area contributed by atoms with Gasteiger partial charge in [0.05, 0.1) is 11.5 Å². The predicted molar refractivity (Wildman–Crippen MR) is 153 cm³/mol. The summed E-state index contributed by atoms with van der Waals surface area (Å²) in [6.45, 7) is 12.0. The summed E-state index contributed by atoms with van der Waals surface area (Å²) in [6, 6.07) is 16.5. The Kier molecular flexibility index (Phi) is 6.67. The van der Waals surface area contributed by atoms with Crippen molar-refractivity contribution in [2.75, 3.05) is 18.5 Å². The number of rotatable bonds is 8. The highest BCUT2D eigenvalue weighted by Crippen LogP contribution is 2.62. The second kappa shape index (κ2) is 9.61. The lowest BCUT2D eigenvalue weighted by molar-refractivity contribution is -0.173. The van der Waals surface area contributed by atoms with E-state index in [1.54, 1.807) is 11.0 Å². The number of fused-ring (bicyclic) bond motifs is 1. The fourth-order valence-electron chi connectivity index (χ4n) is 6.83. The van der Waals surface area contributed by atoms with E-state index in [-0.39, 0.29) is 25.5 Å². The number of likely N-dealkylation sites (N-methyl/N-ethyl adjacent to an activating group) is 1. The Hall–Kier alpha value is -3.49. The van der Waals surface area contributed by atoms with Gasteiger partial charge in [-0.1, -0.05) is 61.5 Å². The number of para-hydroxylation sites is 1. The molecule has 3 aliphatic rings. The molecule has 0 aromatic heterocycles. The van der Waals surface area contributed by atoms with Gasteiger partial charge in [0.15, 0.2) is 8.32 Å². The molecule has 3 atom stereocenters. The first-order valence-corrected chi connectivity index (χ1v) is 16.9. The molecule has 0 radical (unpaired) electrons. The molecule has 0 N–H and O–H groups in total. The van der Waals surface area contributed by atoms with Crippen LogP contribution in [-0.4, -0.2) is 56.1 Å². The summed E-state index contributed by atoms with van der Waals surface area (Å²) in [6.07, 6.45) is 2.15. The Bertz CT molecular complexity index is 1380. The summed E-state index contributed by atoms with van der Waals surface area (Å²) in [5.41, 5.74) is 0.840. The van der Waals surface area contributed by atoms with Crippen molar-refractivity contribution in [3.8, 4) is 0 Å². The number of ketones is 1. The zero-order valence-electron chi connectivity index (χ0n) is 23.3. The van der Waals surface area contributed by atoms with E-state index >= 15 is 0 Å². The molecule has 1 aliphatic carbocycles. The zero-order valence-corrected chi connectivity index (χ0v) is 24.3. The van der Waals surface area contributed by atoms with Gasteiger partial charge in [0, 0.05) is 37.0 Å². The number of carbonyl (C=O) groups is 3. The summed E-state index contributed by atoms with van der Waals surface area (Å²) in [5.74, 6) is -1.22. The van der Waals surface area contributed by atoms with Crippen molar-refractivity contribution < 1.29 is 23.5 Å². The van der Waals surface area contributed by atoms with Gasteiger partial charge in [0.1, 0.15) is 6.61 Å². The van der Waals surface area contributed by atoms with Crippen LogP contribution < -0.4 is 4.90 Å². The van der Waals surface area contributed by atoms with Crippen LogP contribution >= 0.6 is 0 Å². The molecule has 8 heteroatoms. The monoisotopic (exact) mass is 544 g/mol. The molecule has 0 bridgehead atoms. The Labute approximate surface area is 231 Å². The second-order valence-electron chi connectivity index (χ2n) is 11.5. The molecule has 0 saturated carbocycles. The van der Waals surface area contributed by atoms with E-state index in [4.69, 9.17) is 9.16 Å². The first-order chi connectivity index (χ1) is 18.5. The molecule has 2 aliphatic heterocycles. The minimum Gasteiger partial charge on any atom is -0.458 e. The van der Waals surface area contributed by atoms with Gasteiger partial charge in [-0.05, 0) is 43.3 Å². The number of benzene rings is 2. The molecule has 1 spiro atoms. The summed E-state index contributed by atoms with van der Waals surface area (Å²) in [4.78, 5) is 46.6. The fourth-order valence-corrected chi connectivity index (χ4v) is 8.08. The number of hydrogen-bond acceptors (Lipinski definition) is 6. The van der Waals surface area contributed by atoms with Crippen LogP contribution in [0.1, 0.15) is 30.9 Å². The van der Waals surface area contributed by atoms with E-state index in [2.05, 4.69) is 6.58 Å². The highest BCUT2D eigenvalue weighted by molar-refractivity contribution is 6.70. The van der Waals surface area contributed by atoms with Gasteiger partial charge in [-0.3, -0.25) is 9.59 Å². The van der Waals surface area contributed by atoms with Crippen molar-refractivity contribution in [2.24, 2.45) is 0 Å². The molecule has 39 heavy (non-hydrogen) atoms. The summed E-state index contributed by atoms with van der Waals surface area (Å²) >= 11 is 0. The highest BCUT2D eigenvalue weighted by atomic mass is 28.4. The highest BCUT2D eigenvalue weighted by Gasteiger charge is 2.75. The number of amides is 1. The Morgan fingerprint density at radius 3 is 2.41 bits per heavy atom. The Balaban J connectivity index is 1.79. The number of ether oxygens (including phenoxy) is 1. The van der Waals surface area contributed by atoms with Crippen molar-refractivity contribution in [3.63, 3.8) is 0 Å². The summed E-state index contributed by atoms with van der Waals surface area (Å²) < 4.78 is 12.8. The summed E-state index contributed by atoms with van der Waals surface area (Å²) in [5, 5.41) is 0. The molecule has 0 unspecified atom stereocenters. The molecule has 2 aromatic carbocycles. The topological polar surface area (TPSA) is 76.1 Å². The maximum Gasteiger partial charge on any atom is 0.348 e. The van der Waals surface area contributed by atoms with Crippen LogP contribution in [0.25, 0.3) is 0 Å². The number of nitrogens with zero attached hydrogens (tertiary/aromatic N) is 2. The van der Waals surface area contributed by atoms with Crippen LogP contribution in [0.3, 0.4) is 0 Å². The maximum absolute atomic E-state index is 14.8. The maximum atomic E-state index is 14.8. The molecular weight excluding hydrogens is 508 g/mol. The lowest BCUT2D eigenvalue weighted by atomic mass is 9.60. The van der Waals surface area contributed by atoms with Crippen LogP contribution in [0.15, 0.2) is 78.5 Å². The number of likely N-dealkylation sites (tertiary alicyclic amines) is 1. The van der Waals surface area contributed by atoms with Gasteiger partial charge in [0.25, 0.3) is 0 Å². The SMILES string of the molecule is C=CCN1C(=O)C[C@@]23C1=C(CC)C(=O)[C@](O[Si](C)(C)C)(C(=O)OCc1ccccc1)[C@@H]2N(C)c1ccccc13. The molecule has 204 valence electrons. The van der Waals surface area contributed by atoms with Crippen molar-refractivity contribution in [2.45, 2.75) is 63.1 Å². The van der Waals surface area contributed by atoms with E-state index in [1.165, 1.54) is 0 Å². The van der Waals surface area contributed by atoms with Gasteiger partial charge in [-0.2, -0.15) is 0 Å². The van der Waals surface area contributed by atoms with Crippen LogP contribution in [0.4, 0.5) is 5.69 Å². The standard InChI is InChI=1S/C31H36N2O5Si/c1-7-18-33-25(34)19-30-23-16-12-13-17-24(23)32(3)28(30)31(38-39(4,5)6,27(35)22(8-2)26(30)33)29(36)37-20-21-14-10-9-11-15-21/h7,9-17,28H,1,8,18-20H2,2-6H3/t28-,30-,31-/m1/s1. The van der Waals surface area contributed by atoms with E-state index < -0.39 is 37.1 Å². The van der Waals surface area contributed by atoms with Crippen molar-refractivity contribution in [3.05, 3.63) is 89.6 Å². The normalized spacial score (nSPS) is 25.9. The van der Waals surface area contributed by atoms with Crippen molar-refractivity contribution >= 4 is 31.7 Å². The quantitative estimate of drug-likeness (QED) is 0.207. The average Bonchev–Trinajstić information content (AvgIpc) is 3.33. The fraction of sp³-hybridized carbons (Fsp3) is 0.387. The van der Waals surface area contributed by atoms with E-state index in [0.717, 1.165) is 16.8 Å². The number of esters is 1. The van der Waals surface area contributed by atoms with Crippen molar-refractivity contribution in [1.82, 2.24) is 4.90 Å². The number of Topliss-reactive ketones (excluding diaryl/α,β-unsaturated/α-hetero) is 1. The van der Waals surface area contributed by atoms with Crippen LogP contribution in [0.5, 0.6) is 0 Å². The number of anilines is 1. The predicted octanol–water partition coefficient (Wildman–Crippen LogP) is 4.74. The van der Waals surface area contributed by atoms with Gasteiger partial charge < -0.3 is 19.0 Å². The molecule has 1 saturated heterocycles. The average molecular weight is 545 g/mol. The minimum atomic E-state index is -2.55. The lowest BCUT2D eigenvalue weighted by Gasteiger charge is -2.52. The number of carbonyl (C=O) groups excluding carboxylic acids is 3. The van der Waals surface area contributed by atoms with E-state index in [9.17, 15) is 14.4 Å². The molecule has 1 fully saturated rings. The van der Waals surface area contributed by atoms with E-state index in [1.807, 2.05) is 93.1 Å². The zero-order chi connectivity index (χ0) is 28.2. The largest absolute Gasteiger partial charge is 0.458 e. The molecule has 2 heterocycles. The molecular formula is C31H36N2O5Si. The van der Waals surface area contributed by atoms with Crippen LogP contribution in [0.2, 0.25) is 19.6 Å². The third kappa shape index (κ3) is 3.92. The molecule has 2 aromatic rings. The van der Waals surface area contributed by atoms with Gasteiger partial charge in [-0.15, -0.1) is 6.58 Å². The Morgan fingerprint density at radius 2 is 1.77 bits per heavy atom. The molecule has 1 amide bonds. The third-order valence-corrected chi connectivity index (χ3v) is 8.91. The van der Waals surface area contributed by atoms with Gasteiger partial charge in [-0.25, -0.2) is 4.79 Å². The minimum absolute atomic E-state index is 0.0136. The first-order valence-electron chi connectivity index (χ1n) is 13.5. The smallest absolute Gasteiger partial charge is 0.348 e.